The summed E-state index contributed by atoms with van der Waals surface area (Å²) < 4.78 is 12.6. The van der Waals surface area contributed by atoms with Crippen molar-refractivity contribution in [3.8, 4) is 5.82 Å². The zero-order chi connectivity index (χ0) is 20.4. The average molecular weight is 397 g/mol. The van der Waals surface area contributed by atoms with Crippen molar-refractivity contribution in [2.75, 3.05) is 18.5 Å². The Morgan fingerprint density at radius 1 is 1.21 bits per heavy atom. The number of urea groups is 1. The summed E-state index contributed by atoms with van der Waals surface area (Å²) in [5, 5.41) is 14.1. The molecular weight excluding hydrogens is 374 g/mol. The average Bonchev–Trinajstić information content (AvgIpc) is 3.28. The number of nitrogens with zero attached hydrogens (tertiary/aromatic N) is 5. The standard InChI is InChI=1S/C19H23N7O3/c1-12-10-13(2)26(24-12)16-5-4-15(11-20-16)22-18(27)23-19(6-8-28-9-7-19)17-21-14(3)25-29-17/h4-5,10-11H,6-9H2,1-3H3,(H2,22,23,27). The molecule has 0 aliphatic carbocycles. The van der Waals surface area contributed by atoms with E-state index in [1.165, 1.54) is 0 Å². The van der Waals surface area contributed by atoms with E-state index in [4.69, 9.17) is 9.26 Å². The summed E-state index contributed by atoms with van der Waals surface area (Å²) in [5.74, 6) is 1.60. The minimum Gasteiger partial charge on any atom is -0.381 e. The summed E-state index contributed by atoms with van der Waals surface area (Å²) >= 11 is 0. The van der Waals surface area contributed by atoms with Crippen molar-refractivity contribution in [3.63, 3.8) is 0 Å². The lowest BCUT2D eigenvalue weighted by Gasteiger charge is -2.34. The number of ether oxygens (including phenoxy) is 1. The number of anilines is 1. The van der Waals surface area contributed by atoms with E-state index >= 15 is 0 Å². The van der Waals surface area contributed by atoms with Gasteiger partial charge in [-0.3, -0.25) is 0 Å². The molecule has 10 nitrogen and oxygen atoms in total. The molecule has 1 saturated heterocycles. The highest BCUT2D eigenvalue weighted by molar-refractivity contribution is 5.89. The molecule has 2 amide bonds. The molecule has 3 aromatic rings. The summed E-state index contributed by atoms with van der Waals surface area (Å²) in [4.78, 5) is 21.4. The smallest absolute Gasteiger partial charge is 0.320 e. The van der Waals surface area contributed by atoms with Crippen molar-refractivity contribution in [2.24, 2.45) is 0 Å². The maximum Gasteiger partial charge on any atom is 0.320 e. The second-order valence-electron chi connectivity index (χ2n) is 7.16. The van der Waals surface area contributed by atoms with Gasteiger partial charge >= 0.3 is 6.03 Å². The molecule has 0 spiro atoms. The van der Waals surface area contributed by atoms with E-state index in [0.29, 0.717) is 49.3 Å². The molecule has 0 aromatic carbocycles. The van der Waals surface area contributed by atoms with E-state index in [9.17, 15) is 4.79 Å². The van der Waals surface area contributed by atoms with Crippen molar-refractivity contribution in [2.45, 2.75) is 39.2 Å². The minimum atomic E-state index is -0.749. The first kappa shape index (κ1) is 19.1. The van der Waals surface area contributed by atoms with Crippen LogP contribution >= 0.6 is 0 Å². The number of amides is 2. The molecule has 2 N–H and O–H groups in total. The van der Waals surface area contributed by atoms with Gasteiger partial charge in [0, 0.05) is 31.7 Å². The number of hydrogen-bond donors (Lipinski definition) is 2. The van der Waals surface area contributed by atoms with Crippen LogP contribution in [0.5, 0.6) is 0 Å². The number of hydrogen-bond acceptors (Lipinski definition) is 7. The summed E-state index contributed by atoms with van der Waals surface area (Å²) in [6, 6.07) is 5.20. The highest BCUT2D eigenvalue weighted by Crippen LogP contribution is 2.31. The fourth-order valence-electron chi connectivity index (χ4n) is 3.43. The number of rotatable bonds is 4. The molecule has 0 bridgehead atoms. The fraction of sp³-hybridized carbons (Fsp3) is 0.421. The molecule has 3 aromatic heterocycles. The predicted molar refractivity (Wildman–Crippen MR) is 104 cm³/mol. The van der Waals surface area contributed by atoms with Crippen LogP contribution in [0.3, 0.4) is 0 Å². The molecule has 0 unspecified atom stereocenters. The van der Waals surface area contributed by atoms with Crippen LogP contribution in [0, 0.1) is 20.8 Å². The Morgan fingerprint density at radius 2 is 2.00 bits per heavy atom. The van der Waals surface area contributed by atoms with Gasteiger partial charge in [-0.05, 0) is 39.0 Å². The van der Waals surface area contributed by atoms with Crippen LogP contribution in [-0.2, 0) is 10.3 Å². The van der Waals surface area contributed by atoms with E-state index in [1.54, 1.807) is 29.9 Å². The van der Waals surface area contributed by atoms with Crippen LogP contribution in [0.1, 0.15) is 35.9 Å². The first-order valence-corrected chi connectivity index (χ1v) is 9.43. The van der Waals surface area contributed by atoms with Crippen LogP contribution in [0.15, 0.2) is 28.9 Å². The number of nitrogens with one attached hydrogen (secondary N) is 2. The molecule has 0 saturated carbocycles. The number of carbonyl (C=O) groups excluding carboxylic acids is 1. The molecule has 29 heavy (non-hydrogen) atoms. The van der Waals surface area contributed by atoms with Crippen molar-refractivity contribution < 1.29 is 14.1 Å². The lowest BCUT2D eigenvalue weighted by Crippen LogP contribution is -2.51. The number of aromatic nitrogens is 5. The van der Waals surface area contributed by atoms with Crippen molar-refractivity contribution >= 4 is 11.7 Å². The third kappa shape index (κ3) is 3.97. The third-order valence-electron chi connectivity index (χ3n) is 4.87. The van der Waals surface area contributed by atoms with E-state index in [-0.39, 0.29) is 6.03 Å². The van der Waals surface area contributed by atoms with Gasteiger partial charge in [0.05, 0.1) is 17.6 Å². The number of carbonyl (C=O) groups is 1. The molecule has 1 aliphatic heterocycles. The first-order chi connectivity index (χ1) is 13.9. The van der Waals surface area contributed by atoms with Gasteiger partial charge in [0.25, 0.3) is 5.89 Å². The van der Waals surface area contributed by atoms with Gasteiger partial charge in [0.15, 0.2) is 11.6 Å². The Morgan fingerprint density at radius 3 is 2.59 bits per heavy atom. The highest BCUT2D eigenvalue weighted by atomic mass is 16.5. The summed E-state index contributed by atoms with van der Waals surface area (Å²) in [7, 11) is 0. The van der Waals surface area contributed by atoms with Gasteiger partial charge < -0.3 is 19.9 Å². The van der Waals surface area contributed by atoms with Crippen molar-refractivity contribution in [1.82, 2.24) is 30.2 Å². The van der Waals surface area contributed by atoms with E-state index in [2.05, 4.69) is 30.9 Å². The Bertz CT molecular complexity index is 1000. The predicted octanol–water partition coefficient (Wildman–Crippen LogP) is 2.40. The fourth-order valence-corrected chi connectivity index (χ4v) is 3.43. The lowest BCUT2D eigenvalue weighted by atomic mass is 9.90. The highest BCUT2D eigenvalue weighted by Gasteiger charge is 2.41. The van der Waals surface area contributed by atoms with Gasteiger partial charge in [0.1, 0.15) is 5.54 Å². The third-order valence-corrected chi connectivity index (χ3v) is 4.87. The van der Waals surface area contributed by atoms with Gasteiger partial charge in [-0.2, -0.15) is 10.1 Å². The largest absolute Gasteiger partial charge is 0.381 e. The normalized spacial score (nSPS) is 15.8. The van der Waals surface area contributed by atoms with Gasteiger partial charge in [-0.1, -0.05) is 5.16 Å². The van der Waals surface area contributed by atoms with Gasteiger partial charge in [-0.15, -0.1) is 0 Å². The van der Waals surface area contributed by atoms with E-state index < -0.39 is 5.54 Å². The van der Waals surface area contributed by atoms with E-state index in [0.717, 1.165) is 11.4 Å². The van der Waals surface area contributed by atoms with Gasteiger partial charge in [0.2, 0.25) is 0 Å². The Labute approximate surface area is 167 Å². The van der Waals surface area contributed by atoms with Crippen LogP contribution in [0.2, 0.25) is 0 Å². The van der Waals surface area contributed by atoms with Crippen molar-refractivity contribution in [3.05, 3.63) is 47.5 Å². The molecular formula is C19H23N7O3. The van der Waals surface area contributed by atoms with Crippen LogP contribution in [-0.4, -0.2) is 44.1 Å². The molecule has 4 rings (SSSR count). The maximum absolute atomic E-state index is 12.7. The minimum absolute atomic E-state index is 0.372. The molecule has 1 fully saturated rings. The van der Waals surface area contributed by atoms with Crippen molar-refractivity contribution in [1.29, 1.82) is 0 Å². The van der Waals surface area contributed by atoms with Crippen LogP contribution in [0.25, 0.3) is 5.82 Å². The van der Waals surface area contributed by atoms with E-state index in [1.807, 2.05) is 19.9 Å². The second-order valence-corrected chi connectivity index (χ2v) is 7.16. The number of aryl methyl sites for hydroxylation is 3. The Balaban J connectivity index is 1.47. The Hall–Kier alpha value is -3.27. The monoisotopic (exact) mass is 397 g/mol. The molecule has 152 valence electrons. The first-order valence-electron chi connectivity index (χ1n) is 9.43. The summed E-state index contributed by atoms with van der Waals surface area (Å²) in [6.07, 6.45) is 2.70. The van der Waals surface area contributed by atoms with Crippen LogP contribution < -0.4 is 10.6 Å². The zero-order valence-corrected chi connectivity index (χ0v) is 16.6. The van der Waals surface area contributed by atoms with Crippen LogP contribution in [0.4, 0.5) is 10.5 Å². The SMILES string of the molecule is Cc1cc(C)n(-c2ccc(NC(=O)NC3(c4nc(C)no4)CCOCC3)cn2)n1. The quantitative estimate of drug-likeness (QED) is 0.693. The molecule has 1 aliphatic rings. The van der Waals surface area contributed by atoms with Gasteiger partial charge in [-0.25, -0.2) is 14.5 Å². The lowest BCUT2D eigenvalue weighted by molar-refractivity contribution is 0.0285. The second kappa shape index (κ2) is 7.63. The molecule has 0 atom stereocenters. The summed E-state index contributed by atoms with van der Waals surface area (Å²) in [6.45, 7) is 6.64. The number of pyridine rings is 1. The Kier molecular flexibility index (Phi) is 5.01. The summed E-state index contributed by atoms with van der Waals surface area (Å²) in [5.41, 5.74) is 1.73. The maximum atomic E-state index is 12.7. The molecule has 10 heteroatoms. The zero-order valence-electron chi connectivity index (χ0n) is 16.6. The topological polar surface area (TPSA) is 120 Å². The molecule has 4 heterocycles. The molecule has 0 radical (unpaired) electrons.